The molecule has 0 spiro atoms. The molecule has 5 heteroatoms. The van der Waals surface area contributed by atoms with Crippen LogP contribution in [0.15, 0.2) is 35.3 Å². The lowest BCUT2D eigenvalue weighted by Crippen LogP contribution is -2.46. The van der Waals surface area contributed by atoms with Crippen molar-refractivity contribution in [2.75, 3.05) is 39.8 Å². The highest BCUT2D eigenvalue weighted by Gasteiger charge is 2.10. The summed E-state index contributed by atoms with van der Waals surface area (Å²) < 4.78 is 5.65. The molecule has 0 aliphatic rings. The third kappa shape index (κ3) is 6.80. The number of rotatable bonds is 9. The van der Waals surface area contributed by atoms with E-state index < -0.39 is 0 Å². The average Bonchev–Trinajstić information content (AvgIpc) is 2.56. The quantitative estimate of drug-likeness (QED) is 0.416. The van der Waals surface area contributed by atoms with Crippen molar-refractivity contribution in [2.45, 2.75) is 26.8 Å². The van der Waals surface area contributed by atoms with Gasteiger partial charge in [0.05, 0.1) is 6.54 Å². The number of benzene rings is 1. The molecule has 2 N–H and O–H groups in total. The lowest BCUT2D eigenvalue weighted by molar-refractivity contribution is 0.231. The van der Waals surface area contributed by atoms with Crippen molar-refractivity contribution in [1.82, 2.24) is 15.5 Å². The zero-order valence-corrected chi connectivity index (χ0v) is 14.3. The summed E-state index contributed by atoms with van der Waals surface area (Å²) in [4.78, 5) is 6.65. The normalized spacial score (nSPS) is 13.0. The van der Waals surface area contributed by atoms with Gasteiger partial charge in [-0.1, -0.05) is 32.0 Å². The van der Waals surface area contributed by atoms with Crippen LogP contribution < -0.4 is 15.4 Å². The molecule has 0 aliphatic heterocycles. The summed E-state index contributed by atoms with van der Waals surface area (Å²) in [7, 11) is 1.79. The largest absolute Gasteiger partial charge is 0.492 e. The van der Waals surface area contributed by atoms with Crippen molar-refractivity contribution in [3.05, 3.63) is 30.3 Å². The van der Waals surface area contributed by atoms with Crippen molar-refractivity contribution in [3.63, 3.8) is 0 Å². The van der Waals surface area contributed by atoms with Crippen LogP contribution in [0.25, 0.3) is 0 Å². The molecule has 0 heterocycles. The lowest BCUT2D eigenvalue weighted by atomic mass is 10.3. The summed E-state index contributed by atoms with van der Waals surface area (Å²) in [5.74, 6) is 1.71. The molecule has 1 aromatic rings. The van der Waals surface area contributed by atoms with E-state index in [1.54, 1.807) is 7.05 Å². The van der Waals surface area contributed by atoms with Gasteiger partial charge in [0, 0.05) is 19.6 Å². The van der Waals surface area contributed by atoms with Crippen molar-refractivity contribution >= 4 is 5.96 Å². The first-order chi connectivity index (χ1) is 10.7. The standard InChI is InChI=1S/C17H30N4O/c1-5-21(6-2)15(3)14-20-17(18-4)19-12-13-22-16-10-8-7-9-11-16/h7-11,15H,5-6,12-14H2,1-4H3,(H2,18,19,20). The second kappa shape index (κ2) is 10.9. The van der Waals surface area contributed by atoms with Gasteiger partial charge in [0.2, 0.25) is 0 Å². The lowest BCUT2D eigenvalue weighted by Gasteiger charge is -2.27. The second-order valence-corrected chi connectivity index (χ2v) is 5.11. The van der Waals surface area contributed by atoms with E-state index >= 15 is 0 Å². The Morgan fingerprint density at radius 3 is 2.45 bits per heavy atom. The van der Waals surface area contributed by atoms with Gasteiger partial charge in [-0.15, -0.1) is 0 Å². The molecule has 124 valence electrons. The molecule has 0 fully saturated rings. The van der Waals surface area contributed by atoms with Gasteiger partial charge in [0.15, 0.2) is 5.96 Å². The number of likely N-dealkylation sites (N-methyl/N-ethyl adjacent to an activating group) is 1. The van der Waals surface area contributed by atoms with Crippen LogP contribution in [0.3, 0.4) is 0 Å². The zero-order chi connectivity index (χ0) is 16.2. The maximum Gasteiger partial charge on any atom is 0.191 e. The van der Waals surface area contributed by atoms with Gasteiger partial charge >= 0.3 is 0 Å². The van der Waals surface area contributed by atoms with E-state index in [1.807, 2.05) is 30.3 Å². The molecular weight excluding hydrogens is 276 g/mol. The number of hydrogen-bond acceptors (Lipinski definition) is 3. The summed E-state index contributed by atoms with van der Waals surface area (Å²) in [6.07, 6.45) is 0. The predicted octanol–water partition coefficient (Wildman–Crippen LogP) is 1.96. The van der Waals surface area contributed by atoms with Gasteiger partial charge in [0.25, 0.3) is 0 Å². The van der Waals surface area contributed by atoms with E-state index in [0.717, 1.165) is 31.3 Å². The Kier molecular flexibility index (Phi) is 9.07. The second-order valence-electron chi connectivity index (χ2n) is 5.11. The summed E-state index contributed by atoms with van der Waals surface area (Å²) in [6.45, 7) is 10.9. The van der Waals surface area contributed by atoms with Crippen molar-refractivity contribution in [2.24, 2.45) is 4.99 Å². The minimum atomic E-state index is 0.481. The van der Waals surface area contributed by atoms with Gasteiger partial charge in [-0.05, 0) is 32.1 Å². The average molecular weight is 306 g/mol. The Labute approximate surface area is 134 Å². The Morgan fingerprint density at radius 1 is 1.18 bits per heavy atom. The van der Waals surface area contributed by atoms with Crippen molar-refractivity contribution < 1.29 is 4.74 Å². The number of para-hydroxylation sites is 1. The molecule has 1 atom stereocenters. The highest BCUT2D eigenvalue weighted by atomic mass is 16.5. The van der Waals surface area contributed by atoms with E-state index in [-0.39, 0.29) is 0 Å². The minimum Gasteiger partial charge on any atom is -0.492 e. The van der Waals surface area contributed by atoms with Crippen LogP contribution in [0.4, 0.5) is 0 Å². The molecule has 0 bridgehead atoms. The molecule has 1 rings (SSSR count). The van der Waals surface area contributed by atoms with Crippen LogP contribution in [0.1, 0.15) is 20.8 Å². The van der Waals surface area contributed by atoms with Crippen molar-refractivity contribution in [3.8, 4) is 5.75 Å². The maximum absolute atomic E-state index is 5.65. The van der Waals surface area contributed by atoms with Crippen LogP contribution in [-0.2, 0) is 0 Å². The smallest absolute Gasteiger partial charge is 0.191 e. The van der Waals surface area contributed by atoms with Gasteiger partial charge in [0.1, 0.15) is 12.4 Å². The third-order valence-corrected chi connectivity index (χ3v) is 3.63. The van der Waals surface area contributed by atoms with E-state index in [1.165, 1.54) is 0 Å². The number of hydrogen-bond donors (Lipinski definition) is 2. The predicted molar refractivity (Wildman–Crippen MR) is 93.7 cm³/mol. The van der Waals surface area contributed by atoms with Crippen LogP contribution >= 0.6 is 0 Å². The van der Waals surface area contributed by atoms with Crippen LogP contribution in [0, 0.1) is 0 Å². The van der Waals surface area contributed by atoms with Crippen LogP contribution in [-0.4, -0.2) is 56.7 Å². The molecule has 1 unspecified atom stereocenters. The molecule has 0 amide bonds. The van der Waals surface area contributed by atoms with Gasteiger partial charge < -0.3 is 15.4 Å². The molecule has 0 aliphatic carbocycles. The fourth-order valence-corrected chi connectivity index (χ4v) is 2.30. The topological polar surface area (TPSA) is 48.9 Å². The highest BCUT2D eigenvalue weighted by molar-refractivity contribution is 5.79. The first kappa shape index (κ1) is 18.3. The first-order valence-electron chi connectivity index (χ1n) is 8.07. The van der Waals surface area contributed by atoms with Gasteiger partial charge in [-0.25, -0.2) is 0 Å². The molecule has 5 nitrogen and oxygen atoms in total. The molecule has 0 saturated carbocycles. The van der Waals surface area contributed by atoms with E-state index in [9.17, 15) is 0 Å². The number of nitrogens with one attached hydrogen (secondary N) is 2. The summed E-state index contributed by atoms with van der Waals surface area (Å²) in [5.41, 5.74) is 0. The number of guanidine groups is 1. The Balaban J connectivity index is 2.22. The molecule has 1 aromatic carbocycles. The number of nitrogens with zero attached hydrogens (tertiary/aromatic N) is 2. The van der Waals surface area contributed by atoms with Crippen LogP contribution in [0.2, 0.25) is 0 Å². The SMILES string of the molecule is CCN(CC)C(C)CNC(=NC)NCCOc1ccccc1. The minimum absolute atomic E-state index is 0.481. The molecular formula is C17H30N4O. The zero-order valence-electron chi connectivity index (χ0n) is 14.3. The van der Waals surface area contributed by atoms with Crippen molar-refractivity contribution in [1.29, 1.82) is 0 Å². The van der Waals surface area contributed by atoms with E-state index in [0.29, 0.717) is 19.2 Å². The molecule has 0 radical (unpaired) electrons. The summed E-state index contributed by atoms with van der Waals surface area (Å²) >= 11 is 0. The Hall–Kier alpha value is -1.75. The number of aliphatic imine (C=N–C) groups is 1. The third-order valence-electron chi connectivity index (χ3n) is 3.63. The monoisotopic (exact) mass is 306 g/mol. The summed E-state index contributed by atoms with van der Waals surface area (Å²) in [6, 6.07) is 10.3. The van der Waals surface area contributed by atoms with Crippen LogP contribution in [0.5, 0.6) is 5.75 Å². The fraction of sp³-hybridized carbons (Fsp3) is 0.588. The van der Waals surface area contributed by atoms with Gasteiger partial charge in [-0.2, -0.15) is 0 Å². The molecule has 22 heavy (non-hydrogen) atoms. The summed E-state index contributed by atoms with van der Waals surface area (Å²) in [5, 5.41) is 6.62. The Morgan fingerprint density at radius 2 is 1.86 bits per heavy atom. The van der Waals surface area contributed by atoms with Gasteiger partial charge in [-0.3, -0.25) is 9.89 Å². The first-order valence-corrected chi connectivity index (χ1v) is 8.07. The van der Waals surface area contributed by atoms with E-state index in [2.05, 4.69) is 41.3 Å². The maximum atomic E-state index is 5.65. The highest BCUT2D eigenvalue weighted by Crippen LogP contribution is 2.07. The Bertz CT molecular complexity index is 418. The van der Waals surface area contributed by atoms with E-state index in [4.69, 9.17) is 4.74 Å². The fourth-order valence-electron chi connectivity index (χ4n) is 2.30. The molecule has 0 aromatic heterocycles. The molecule has 0 saturated heterocycles. The number of ether oxygens (including phenoxy) is 1.